The van der Waals surface area contributed by atoms with Crippen molar-refractivity contribution in [2.24, 2.45) is 7.05 Å². The summed E-state index contributed by atoms with van der Waals surface area (Å²) in [7, 11) is 1.89. The third-order valence-electron chi connectivity index (χ3n) is 2.96. The minimum atomic E-state index is 0.926. The maximum absolute atomic E-state index is 4.10. The standard InChI is InChI=1S/C13H16BrN3/c1-9-6-11(13(14)7-10(9)2)4-5-12-8-17(3)16-15-12/h6-8H,4-5H2,1-3H3. The molecule has 0 N–H and O–H groups in total. The SMILES string of the molecule is Cc1cc(Br)c(CCc2cn(C)nn2)cc1C. The Labute approximate surface area is 110 Å². The van der Waals surface area contributed by atoms with Gasteiger partial charge in [-0.05, 0) is 49.4 Å². The van der Waals surface area contributed by atoms with Gasteiger partial charge in [0.15, 0.2) is 0 Å². The molecule has 1 aromatic heterocycles. The van der Waals surface area contributed by atoms with Gasteiger partial charge in [0.1, 0.15) is 0 Å². The summed E-state index contributed by atoms with van der Waals surface area (Å²) in [6.45, 7) is 4.28. The Morgan fingerprint density at radius 1 is 1.18 bits per heavy atom. The molecule has 0 atom stereocenters. The third-order valence-corrected chi connectivity index (χ3v) is 3.70. The molecule has 0 aliphatic heterocycles. The summed E-state index contributed by atoms with van der Waals surface area (Å²) in [5.74, 6) is 0. The number of benzene rings is 1. The van der Waals surface area contributed by atoms with E-state index < -0.39 is 0 Å². The number of halogens is 1. The minimum Gasteiger partial charge on any atom is -0.255 e. The molecule has 0 saturated heterocycles. The van der Waals surface area contributed by atoms with Gasteiger partial charge in [-0.15, -0.1) is 5.10 Å². The molecule has 2 rings (SSSR count). The van der Waals surface area contributed by atoms with Gasteiger partial charge in [0, 0.05) is 17.7 Å². The first-order valence-electron chi connectivity index (χ1n) is 5.67. The predicted octanol–water partition coefficient (Wildman–Crippen LogP) is 2.98. The molecule has 0 unspecified atom stereocenters. The lowest BCUT2D eigenvalue weighted by Gasteiger charge is -2.07. The minimum absolute atomic E-state index is 0.926. The van der Waals surface area contributed by atoms with E-state index >= 15 is 0 Å². The highest BCUT2D eigenvalue weighted by atomic mass is 79.9. The topological polar surface area (TPSA) is 30.7 Å². The van der Waals surface area contributed by atoms with Gasteiger partial charge in [-0.25, -0.2) is 0 Å². The van der Waals surface area contributed by atoms with Crippen LogP contribution in [0.5, 0.6) is 0 Å². The lowest BCUT2D eigenvalue weighted by atomic mass is 10.0. The summed E-state index contributed by atoms with van der Waals surface area (Å²) in [6.07, 6.45) is 3.88. The van der Waals surface area contributed by atoms with Crippen molar-refractivity contribution < 1.29 is 0 Å². The van der Waals surface area contributed by atoms with Crippen LogP contribution in [0.1, 0.15) is 22.4 Å². The third kappa shape index (κ3) is 2.94. The highest BCUT2D eigenvalue weighted by Gasteiger charge is 2.05. The van der Waals surface area contributed by atoms with E-state index in [-0.39, 0.29) is 0 Å². The van der Waals surface area contributed by atoms with Crippen molar-refractivity contribution in [3.8, 4) is 0 Å². The number of rotatable bonds is 3. The van der Waals surface area contributed by atoms with Crippen LogP contribution in [-0.2, 0) is 19.9 Å². The Hall–Kier alpha value is -1.16. The highest BCUT2D eigenvalue weighted by Crippen LogP contribution is 2.22. The Morgan fingerprint density at radius 3 is 2.53 bits per heavy atom. The highest BCUT2D eigenvalue weighted by molar-refractivity contribution is 9.10. The van der Waals surface area contributed by atoms with Crippen molar-refractivity contribution in [2.75, 3.05) is 0 Å². The lowest BCUT2D eigenvalue weighted by molar-refractivity contribution is 0.713. The van der Waals surface area contributed by atoms with Gasteiger partial charge < -0.3 is 0 Å². The van der Waals surface area contributed by atoms with Crippen LogP contribution in [0.3, 0.4) is 0 Å². The zero-order valence-electron chi connectivity index (χ0n) is 10.4. The van der Waals surface area contributed by atoms with E-state index in [4.69, 9.17) is 0 Å². The number of hydrogen-bond donors (Lipinski definition) is 0. The molecule has 1 aromatic carbocycles. The molecule has 1 heterocycles. The number of hydrogen-bond acceptors (Lipinski definition) is 2. The van der Waals surface area contributed by atoms with E-state index in [2.05, 4.69) is 52.2 Å². The summed E-state index contributed by atoms with van der Waals surface area (Å²) in [5, 5.41) is 8.04. The average Bonchev–Trinajstić information content (AvgIpc) is 2.68. The molecule has 0 aliphatic carbocycles. The van der Waals surface area contributed by atoms with Crippen molar-refractivity contribution in [1.82, 2.24) is 15.0 Å². The van der Waals surface area contributed by atoms with Gasteiger partial charge in [0.25, 0.3) is 0 Å². The molecule has 0 aliphatic rings. The molecule has 90 valence electrons. The largest absolute Gasteiger partial charge is 0.255 e. The summed E-state index contributed by atoms with van der Waals surface area (Å²) in [5.41, 5.74) is 5.03. The first-order chi connectivity index (χ1) is 8.06. The molecule has 0 bridgehead atoms. The summed E-state index contributed by atoms with van der Waals surface area (Å²) >= 11 is 3.62. The molecule has 4 heteroatoms. The number of aryl methyl sites for hydroxylation is 5. The molecule has 3 nitrogen and oxygen atoms in total. The second-order valence-corrected chi connectivity index (χ2v) is 5.27. The van der Waals surface area contributed by atoms with Crippen molar-refractivity contribution >= 4 is 15.9 Å². The van der Waals surface area contributed by atoms with Gasteiger partial charge in [-0.3, -0.25) is 4.68 Å². The zero-order valence-corrected chi connectivity index (χ0v) is 12.0. The predicted molar refractivity (Wildman–Crippen MR) is 72.0 cm³/mol. The van der Waals surface area contributed by atoms with Crippen LogP contribution in [0.2, 0.25) is 0 Å². The van der Waals surface area contributed by atoms with E-state index in [0.29, 0.717) is 0 Å². The number of nitrogens with zero attached hydrogens (tertiary/aromatic N) is 3. The Kier molecular flexibility index (Phi) is 3.62. The Bertz CT molecular complexity index is 531. The second kappa shape index (κ2) is 5.00. The van der Waals surface area contributed by atoms with Gasteiger partial charge >= 0.3 is 0 Å². The fourth-order valence-electron chi connectivity index (χ4n) is 1.80. The quantitative estimate of drug-likeness (QED) is 0.871. The zero-order chi connectivity index (χ0) is 12.4. The van der Waals surface area contributed by atoms with Crippen LogP contribution in [0, 0.1) is 13.8 Å². The monoisotopic (exact) mass is 293 g/mol. The van der Waals surface area contributed by atoms with Crippen LogP contribution >= 0.6 is 15.9 Å². The molecule has 17 heavy (non-hydrogen) atoms. The summed E-state index contributed by atoms with van der Waals surface area (Å²) in [6, 6.07) is 4.43. The Balaban J connectivity index is 2.11. The smallest absolute Gasteiger partial charge is 0.0830 e. The van der Waals surface area contributed by atoms with Crippen LogP contribution in [-0.4, -0.2) is 15.0 Å². The summed E-state index contributed by atoms with van der Waals surface area (Å²) in [4.78, 5) is 0. The Morgan fingerprint density at radius 2 is 1.88 bits per heavy atom. The molecule has 0 fully saturated rings. The maximum Gasteiger partial charge on any atom is 0.0830 e. The molecule has 0 spiro atoms. The molecular weight excluding hydrogens is 278 g/mol. The van der Waals surface area contributed by atoms with E-state index in [9.17, 15) is 0 Å². The van der Waals surface area contributed by atoms with Crippen LogP contribution < -0.4 is 0 Å². The number of aromatic nitrogens is 3. The van der Waals surface area contributed by atoms with Crippen molar-refractivity contribution in [1.29, 1.82) is 0 Å². The molecule has 0 saturated carbocycles. The van der Waals surface area contributed by atoms with E-state index in [1.54, 1.807) is 4.68 Å². The van der Waals surface area contributed by atoms with Gasteiger partial charge in [0.2, 0.25) is 0 Å². The van der Waals surface area contributed by atoms with E-state index in [1.165, 1.54) is 21.2 Å². The van der Waals surface area contributed by atoms with Crippen molar-refractivity contribution in [2.45, 2.75) is 26.7 Å². The second-order valence-electron chi connectivity index (χ2n) is 4.41. The maximum atomic E-state index is 4.10. The van der Waals surface area contributed by atoms with Gasteiger partial charge in [0.05, 0.1) is 5.69 Å². The van der Waals surface area contributed by atoms with Crippen LogP contribution in [0.4, 0.5) is 0 Å². The van der Waals surface area contributed by atoms with E-state index in [1.807, 2.05) is 13.2 Å². The molecule has 2 aromatic rings. The molecule has 0 amide bonds. The first-order valence-corrected chi connectivity index (χ1v) is 6.46. The van der Waals surface area contributed by atoms with Crippen LogP contribution in [0.25, 0.3) is 0 Å². The summed E-state index contributed by atoms with van der Waals surface area (Å²) < 4.78 is 2.93. The van der Waals surface area contributed by atoms with Gasteiger partial charge in [-0.2, -0.15) is 0 Å². The van der Waals surface area contributed by atoms with Crippen molar-refractivity contribution in [3.63, 3.8) is 0 Å². The van der Waals surface area contributed by atoms with E-state index in [0.717, 1.165) is 18.5 Å². The fourth-order valence-corrected chi connectivity index (χ4v) is 2.46. The van der Waals surface area contributed by atoms with Crippen LogP contribution in [0.15, 0.2) is 22.8 Å². The first kappa shape index (κ1) is 12.3. The fraction of sp³-hybridized carbons (Fsp3) is 0.385. The normalized spacial score (nSPS) is 10.8. The molecule has 0 radical (unpaired) electrons. The van der Waals surface area contributed by atoms with Crippen molar-refractivity contribution in [3.05, 3.63) is 45.2 Å². The molecular formula is C13H16BrN3. The van der Waals surface area contributed by atoms with Gasteiger partial charge in [-0.1, -0.05) is 27.2 Å². The lowest BCUT2D eigenvalue weighted by Crippen LogP contribution is -1.95. The average molecular weight is 294 g/mol.